The fourth-order valence-electron chi connectivity index (χ4n) is 2.30. The number of sulfonamides is 1. The first-order valence-corrected chi connectivity index (χ1v) is 10.1. The van der Waals surface area contributed by atoms with Gasteiger partial charge in [-0.2, -0.15) is 8.42 Å². The fraction of sp³-hybridized carbons (Fsp3) is 0.0625. The fourth-order valence-corrected chi connectivity index (χ4v) is 4.34. The molecule has 2 aliphatic heterocycles. The molecule has 11 heteroatoms. The number of hydrogen-bond acceptors (Lipinski definition) is 7. The number of pyridine rings is 1. The van der Waals surface area contributed by atoms with E-state index in [0.717, 1.165) is 18.0 Å². The number of nitrogens with one attached hydrogen (secondary N) is 1. The summed E-state index contributed by atoms with van der Waals surface area (Å²) < 4.78 is 38.8. The maximum absolute atomic E-state index is 12.3. The van der Waals surface area contributed by atoms with Gasteiger partial charge < -0.3 is 9.47 Å². The number of carbonyl (C=O) groups excluding carboxylic acids is 1. The molecule has 1 fully saturated rings. The first-order valence-electron chi connectivity index (χ1n) is 7.48. The van der Waals surface area contributed by atoms with Crippen LogP contribution < -0.4 is 14.8 Å². The number of halogens is 1. The van der Waals surface area contributed by atoms with Crippen LogP contribution in [0.1, 0.15) is 5.56 Å². The van der Waals surface area contributed by atoms with Crippen molar-refractivity contribution in [2.45, 2.75) is 4.90 Å². The van der Waals surface area contributed by atoms with Crippen molar-refractivity contribution in [3.05, 3.63) is 52.2 Å². The van der Waals surface area contributed by atoms with Gasteiger partial charge in [-0.25, -0.2) is 4.98 Å². The first-order chi connectivity index (χ1) is 12.9. The number of thioether (sulfide) groups is 1. The SMILES string of the molecule is O=C1NC(=NS(=O)(=O)c2ccc(Cl)nc2)SC1=Cc1ccc2c(c1)OCO2. The third-order valence-electron chi connectivity index (χ3n) is 3.55. The van der Waals surface area contributed by atoms with Gasteiger partial charge in [-0.1, -0.05) is 17.7 Å². The lowest BCUT2D eigenvalue weighted by molar-refractivity contribution is -0.115. The molecule has 2 aliphatic rings. The highest BCUT2D eigenvalue weighted by atomic mass is 35.5. The average Bonchev–Trinajstić information content (AvgIpc) is 3.21. The van der Waals surface area contributed by atoms with Gasteiger partial charge in [0, 0.05) is 6.20 Å². The second kappa shape index (κ2) is 6.87. The second-order valence-corrected chi connectivity index (χ2v) is 8.39. The van der Waals surface area contributed by atoms with Crippen molar-refractivity contribution in [2.75, 3.05) is 6.79 Å². The maximum atomic E-state index is 12.3. The summed E-state index contributed by atoms with van der Waals surface area (Å²) in [7, 11) is -4.02. The zero-order valence-corrected chi connectivity index (χ0v) is 15.8. The van der Waals surface area contributed by atoms with Gasteiger partial charge in [0.05, 0.1) is 4.91 Å². The first kappa shape index (κ1) is 17.8. The van der Waals surface area contributed by atoms with Gasteiger partial charge in [0.15, 0.2) is 16.7 Å². The lowest BCUT2D eigenvalue weighted by atomic mass is 10.2. The normalized spacial score (nSPS) is 18.9. The van der Waals surface area contributed by atoms with Crippen LogP contribution >= 0.6 is 23.4 Å². The van der Waals surface area contributed by atoms with Crippen molar-refractivity contribution in [3.8, 4) is 11.5 Å². The van der Waals surface area contributed by atoms with Gasteiger partial charge in [-0.05, 0) is 47.7 Å². The maximum Gasteiger partial charge on any atom is 0.286 e. The molecule has 0 radical (unpaired) electrons. The zero-order valence-electron chi connectivity index (χ0n) is 13.4. The summed E-state index contributed by atoms with van der Waals surface area (Å²) in [6.07, 6.45) is 2.72. The third-order valence-corrected chi connectivity index (χ3v) is 6.06. The van der Waals surface area contributed by atoms with Crippen molar-refractivity contribution < 1.29 is 22.7 Å². The van der Waals surface area contributed by atoms with E-state index in [1.54, 1.807) is 24.3 Å². The van der Waals surface area contributed by atoms with Crippen molar-refractivity contribution in [3.63, 3.8) is 0 Å². The zero-order chi connectivity index (χ0) is 19.0. The summed E-state index contributed by atoms with van der Waals surface area (Å²) in [6.45, 7) is 0.152. The molecular weight excluding hydrogens is 414 g/mol. The highest BCUT2D eigenvalue weighted by Crippen LogP contribution is 2.34. The van der Waals surface area contributed by atoms with Gasteiger partial charge in [-0.15, -0.1) is 4.40 Å². The molecule has 0 saturated carbocycles. The number of hydrogen-bond donors (Lipinski definition) is 1. The Kier molecular flexibility index (Phi) is 4.54. The molecule has 138 valence electrons. The van der Waals surface area contributed by atoms with Crippen LogP contribution in [0.15, 0.2) is 50.7 Å². The third kappa shape index (κ3) is 3.77. The van der Waals surface area contributed by atoms with Gasteiger partial charge in [-0.3, -0.25) is 10.1 Å². The van der Waals surface area contributed by atoms with Crippen molar-refractivity contribution in [1.82, 2.24) is 10.3 Å². The van der Waals surface area contributed by atoms with E-state index < -0.39 is 15.9 Å². The second-order valence-electron chi connectivity index (χ2n) is 5.37. The van der Waals surface area contributed by atoms with Crippen LogP contribution in [0.3, 0.4) is 0 Å². The Morgan fingerprint density at radius 2 is 2.04 bits per heavy atom. The molecule has 4 rings (SSSR count). The minimum absolute atomic E-state index is 0.0399. The van der Waals surface area contributed by atoms with E-state index in [1.165, 1.54) is 12.1 Å². The number of carbonyl (C=O) groups is 1. The summed E-state index contributed by atoms with van der Waals surface area (Å²) in [5, 5.41) is 2.56. The summed E-state index contributed by atoms with van der Waals surface area (Å²) in [5.41, 5.74) is 0.711. The summed E-state index contributed by atoms with van der Waals surface area (Å²) in [6, 6.07) is 7.87. The quantitative estimate of drug-likeness (QED) is 0.596. The number of ether oxygens (including phenoxy) is 2. The van der Waals surface area contributed by atoms with Crippen LogP contribution in [-0.4, -0.2) is 31.3 Å². The van der Waals surface area contributed by atoms with Crippen LogP contribution in [0.5, 0.6) is 11.5 Å². The number of benzene rings is 1. The monoisotopic (exact) mass is 423 g/mol. The molecule has 8 nitrogen and oxygen atoms in total. The minimum atomic E-state index is -4.02. The molecule has 2 aromatic rings. The molecule has 1 amide bonds. The molecule has 27 heavy (non-hydrogen) atoms. The van der Waals surface area contributed by atoms with E-state index in [9.17, 15) is 13.2 Å². The van der Waals surface area contributed by atoms with Gasteiger partial charge >= 0.3 is 0 Å². The van der Waals surface area contributed by atoms with Crippen LogP contribution in [0.25, 0.3) is 6.08 Å². The molecule has 1 saturated heterocycles. The van der Waals surface area contributed by atoms with Crippen molar-refractivity contribution in [2.24, 2.45) is 4.40 Å². The van der Waals surface area contributed by atoms with E-state index >= 15 is 0 Å². The molecule has 1 aromatic carbocycles. The predicted octanol–water partition coefficient (Wildman–Crippen LogP) is 2.41. The Balaban J connectivity index is 1.58. The number of fused-ring (bicyclic) bond motifs is 1. The predicted molar refractivity (Wildman–Crippen MR) is 100 cm³/mol. The highest BCUT2D eigenvalue weighted by Gasteiger charge is 2.27. The molecule has 0 bridgehead atoms. The summed E-state index contributed by atoms with van der Waals surface area (Å²) in [5.74, 6) is 0.769. The van der Waals surface area contributed by atoms with E-state index in [0.29, 0.717) is 22.0 Å². The molecule has 0 spiro atoms. The smallest absolute Gasteiger partial charge is 0.286 e. The molecule has 1 aromatic heterocycles. The Labute approximate surface area is 163 Å². The topological polar surface area (TPSA) is 107 Å². The Bertz CT molecular complexity index is 1100. The summed E-state index contributed by atoms with van der Waals surface area (Å²) in [4.78, 5) is 16.0. The number of rotatable bonds is 3. The summed E-state index contributed by atoms with van der Waals surface area (Å²) >= 11 is 6.58. The Hall–Kier alpha value is -2.56. The van der Waals surface area contributed by atoms with Crippen LogP contribution in [0.2, 0.25) is 5.15 Å². The van der Waals surface area contributed by atoms with Gasteiger partial charge in [0.2, 0.25) is 6.79 Å². The molecule has 0 atom stereocenters. The number of amides is 1. The molecule has 0 aliphatic carbocycles. The number of amidine groups is 1. The van der Waals surface area contributed by atoms with Crippen molar-refractivity contribution >= 4 is 50.5 Å². The van der Waals surface area contributed by atoms with Crippen LogP contribution in [-0.2, 0) is 14.8 Å². The standard InChI is InChI=1S/C16H10ClN3O5S2/c17-14-4-2-10(7-18-14)27(22,23)20-16-19-15(21)13(26-16)6-9-1-3-11-12(5-9)25-8-24-11/h1-7H,8H2,(H,19,20,21). The molecule has 1 N–H and O–H groups in total. The minimum Gasteiger partial charge on any atom is -0.454 e. The lowest BCUT2D eigenvalue weighted by Crippen LogP contribution is -2.20. The lowest BCUT2D eigenvalue weighted by Gasteiger charge is -1.99. The molecule has 0 unspecified atom stereocenters. The van der Waals surface area contributed by atoms with E-state index in [4.69, 9.17) is 21.1 Å². The van der Waals surface area contributed by atoms with Gasteiger partial charge in [0.25, 0.3) is 15.9 Å². The molecular formula is C16H10ClN3O5S2. The van der Waals surface area contributed by atoms with Gasteiger partial charge in [0.1, 0.15) is 10.0 Å². The van der Waals surface area contributed by atoms with Crippen LogP contribution in [0.4, 0.5) is 0 Å². The van der Waals surface area contributed by atoms with E-state index in [-0.39, 0.29) is 22.0 Å². The Morgan fingerprint density at radius 3 is 2.81 bits per heavy atom. The number of aromatic nitrogens is 1. The van der Waals surface area contributed by atoms with Crippen LogP contribution in [0, 0.1) is 0 Å². The largest absolute Gasteiger partial charge is 0.454 e. The number of nitrogens with zero attached hydrogens (tertiary/aromatic N) is 2. The Morgan fingerprint density at radius 1 is 1.22 bits per heavy atom. The van der Waals surface area contributed by atoms with E-state index in [2.05, 4.69) is 14.7 Å². The molecule has 3 heterocycles. The highest BCUT2D eigenvalue weighted by molar-refractivity contribution is 8.19. The van der Waals surface area contributed by atoms with Crippen molar-refractivity contribution in [1.29, 1.82) is 0 Å². The average molecular weight is 424 g/mol. The van der Waals surface area contributed by atoms with E-state index in [1.807, 2.05) is 0 Å².